The lowest BCUT2D eigenvalue weighted by Gasteiger charge is -2.02. The van der Waals surface area contributed by atoms with E-state index in [0.717, 1.165) is 0 Å². The van der Waals surface area contributed by atoms with Crippen LogP contribution in [0.2, 0.25) is 0 Å². The van der Waals surface area contributed by atoms with Gasteiger partial charge in [-0.05, 0) is 0 Å². The van der Waals surface area contributed by atoms with E-state index >= 15 is 0 Å². The number of aryl methyl sites for hydroxylation is 1. The van der Waals surface area contributed by atoms with E-state index in [1.54, 1.807) is 7.05 Å². The minimum absolute atomic E-state index is 0.176. The van der Waals surface area contributed by atoms with Crippen molar-refractivity contribution in [1.82, 2.24) is 9.55 Å². The third kappa shape index (κ3) is 3.14. The first kappa shape index (κ1) is 9.40. The van der Waals surface area contributed by atoms with Crippen molar-refractivity contribution in [3.8, 4) is 0 Å². The van der Waals surface area contributed by atoms with Crippen LogP contribution in [0, 0.1) is 0 Å². The van der Waals surface area contributed by atoms with E-state index in [-0.39, 0.29) is 17.1 Å². The standard InChI is InChI=1S/C5H5F3N2OS/c1-10-2-4(9-3-10)12-11-5(6,7)8/h2-3H,1H3. The summed E-state index contributed by atoms with van der Waals surface area (Å²) >= 11 is 0.191. The predicted octanol–water partition coefficient (Wildman–Crippen LogP) is 1.96. The second-order valence-electron chi connectivity index (χ2n) is 1.99. The molecule has 0 saturated heterocycles. The van der Waals surface area contributed by atoms with Gasteiger partial charge in [-0.15, -0.1) is 13.2 Å². The van der Waals surface area contributed by atoms with Gasteiger partial charge < -0.3 is 4.57 Å². The molecular formula is C5H5F3N2OS. The van der Waals surface area contributed by atoms with Crippen LogP contribution in [0.5, 0.6) is 0 Å². The molecule has 0 unspecified atom stereocenters. The van der Waals surface area contributed by atoms with E-state index in [1.807, 2.05) is 0 Å². The number of hydrogen-bond acceptors (Lipinski definition) is 3. The number of alkyl halides is 3. The Morgan fingerprint density at radius 3 is 2.67 bits per heavy atom. The third-order valence-corrected chi connectivity index (χ3v) is 1.56. The largest absolute Gasteiger partial charge is 0.534 e. The molecule has 0 radical (unpaired) electrons. The molecule has 1 rings (SSSR count). The van der Waals surface area contributed by atoms with Crippen molar-refractivity contribution in [1.29, 1.82) is 0 Å². The van der Waals surface area contributed by atoms with E-state index in [4.69, 9.17) is 0 Å². The fourth-order valence-corrected chi connectivity index (χ4v) is 1.00. The second-order valence-corrected chi connectivity index (χ2v) is 2.74. The van der Waals surface area contributed by atoms with Crippen LogP contribution in [0.15, 0.2) is 17.6 Å². The molecule has 0 fully saturated rings. The third-order valence-electron chi connectivity index (χ3n) is 0.903. The van der Waals surface area contributed by atoms with Crippen molar-refractivity contribution in [2.45, 2.75) is 11.4 Å². The summed E-state index contributed by atoms with van der Waals surface area (Å²) in [7, 11) is 1.66. The van der Waals surface area contributed by atoms with Crippen molar-refractivity contribution in [3.05, 3.63) is 12.5 Å². The topological polar surface area (TPSA) is 27.1 Å². The number of nitrogens with zero attached hydrogens (tertiary/aromatic N) is 2. The Bertz CT molecular complexity index is 259. The zero-order valence-corrected chi connectivity index (χ0v) is 6.82. The lowest BCUT2D eigenvalue weighted by atomic mass is 10.9. The van der Waals surface area contributed by atoms with Gasteiger partial charge in [0.05, 0.1) is 18.4 Å². The Labute approximate surface area is 70.7 Å². The predicted molar refractivity (Wildman–Crippen MR) is 36.2 cm³/mol. The minimum atomic E-state index is -4.62. The molecule has 0 aliphatic rings. The highest BCUT2D eigenvalue weighted by atomic mass is 32.2. The maximum absolute atomic E-state index is 11.5. The molecule has 0 saturated carbocycles. The van der Waals surface area contributed by atoms with E-state index in [2.05, 4.69) is 9.17 Å². The molecule has 1 heterocycles. The van der Waals surface area contributed by atoms with Crippen LogP contribution in [0.1, 0.15) is 0 Å². The van der Waals surface area contributed by atoms with Gasteiger partial charge in [-0.25, -0.2) is 9.17 Å². The van der Waals surface area contributed by atoms with Crippen LogP contribution >= 0.6 is 12.0 Å². The smallest absolute Gasteiger partial charge is 0.339 e. The molecule has 1 aromatic heterocycles. The fourth-order valence-electron chi connectivity index (χ4n) is 0.522. The first-order valence-corrected chi connectivity index (χ1v) is 3.62. The summed E-state index contributed by atoms with van der Waals surface area (Å²) < 4.78 is 39.4. The summed E-state index contributed by atoms with van der Waals surface area (Å²) in [6.07, 6.45) is -1.80. The van der Waals surface area contributed by atoms with Gasteiger partial charge in [0.15, 0.2) is 0 Å². The number of imidazole rings is 1. The van der Waals surface area contributed by atoms with Crippen molar-refractivity contribution in [2.75, 3.05) is 0 Å². The summed E-state index contributed by atoms with van der Waals surface area (Å²) in [5.41, 5.74) is 0. The Morgan fingerprint density at radius 2 is 2.25 bits per heavy atom. The lowest BCUT2D eigenvalue weighted by Crippen LogP contribution is -2.07. The molecule has 7 heteroatoms. The molecule has 0 amide bonds. The summed E-state index contributed by atoms with van der Waals surface area (Å²) in [6, 6.07) is 0. The van der Waals surface area contributed by atoms with Gasteiger partial charge in [-0.3, -0.25) is 0 Å². The van der Waals surface area contributed by atoms with Crippen LogP contribution in [-0.2, 0) is 11.2 Å². The highest BCUT2D eigenvalue weighted by molar-refractivity contribution is 7.94. The Morgan fingerprint density at radius 1 is 1.58 bits per heavy atom. The number of rotatable bonds is 2. The number of hydrogen-bond donors (Lipinski definition) is 0. The van der Waals surface area contributed by atoms with Gasteiger partial charge >= 0.3 is 6.36 Å². The molecule has 1 aromatic rings. The van der Waals surface area contributed by atoms with Gasteiger partial charge in [-0.1, -0.05) is 0 Å². The molecule has 0 N–H and O–H groups in total. The maximum Gasteiger partial charge on any atom is 0.534 e. The van der Waals surface area contributed by atoms with Crippen molar-refractivity contribution in [2.24, 2.45) is 7.05 Å². The molecule has 68 valence electrons. The lowest BCUT2D eigenvalue weighted by molar-refractivity contribution is -0.267. The molecule has 0 atom stereocenters. The molecule has 0 spiro atoms. The minimum Gasteiger partial charge on any atom is -0.339 e. The van der Waals surface area contributed by atoms with Crippen LogP contribution in [-0.4, -0.2) is 15.9 Å². The Hall–Kier alpha value is -0.690. The van der Waals surface area contributed by atoms with Crippen molar-refractivity contribution < 1.29 is 17.4 Å². The molecule has 0 aliphatic carbocycles. The van der Waals surface area contributed by atoms with E-state index in [0.29, 0.717) is 0 Å². The Kier molecular flexibility index (Phi) is 2.63. The number of aromatic nitrogens is 2. The highest BCUT2D eigenvalue weighted by Gasteiger charge is 2.30. The van der Waals surface area contributed by atoms with Crippen LogP contribution in [0.3, 0.4) is 0 Å². The van der Waals surface area contributed by atoms with E-state index < -0.39 is 6.36 Å². The zero-order chi connectivity index (χ0) is 9.19. The zero-order valence-electron chi connectivity index (χ0n) is 6.00. The van der Waals surface area contributed by atoms with Crippen molar-refractivity contribution >= 4 is 12.0 Å². The van der Waals surface area contributed by atoms with Crippen LogP contribution in [0.4, 0.5) is 13.2 Å². The molecule has 0 aromatic carbocycles. The summed E-state index contributed by atoms with van der Waals surface area (Å²) in [4.78, 5) is 3.62. The molecule has 0 aliphatic heterocycles. The fraction of sp³-hybridized carbons (Fsp3) is 0.400. The SMILES string of the molecule is Cn1cnc(SOC(F)(F)F)c1. The first-order chi connectivity index (χ1) is 5.47. The van der Waals surface area contributed by atoms with Crippen LogP contribution in [0.25, 0.3) is 0 Å². The van der Waals surface area contributed by atoms with Gasteiger partial charge in [0, 0.05) is 13.2 Å². The first-order valence-electron chi connectivity index (χ1n) is 2.88. The van der Waals surface area contributed by atoms with E-state index in [1.165, 1.54) is 17.1 Å². The maximum atomic E-state index is 11.5. The summed E-state index contributed by atoms with van der Waals surface area (Å²) in [5.74, 6) is 0. The molecular weight excluding hydrogens is 193 g/mol. The monoisotopic (exact) mass is 198 g/mol. The second kappa shape index (κ2) is 3.36. The quantitative estimate of drug-likeness (QED) is 0.680. The summed E-state index contributed by atoms with van der Waals surface area (Å²) in [5, 5.41) is 0.176. The molecule has 12 heavy (non-hydrogen) atoms. The molecule has 3 nitrogen and oxygen atoms in total. The van der Waals surface area contributed by atoms with Crippen molar-refractivity contribution in [3.63, 3.8) is 0 Å². The Balaban J connectivity index is 2.44. The number of halogens is 3. The summed E-state index contributed by atoms with van der Waals surface area (Å²) in [6.45, 7) is 0. The van der Waals surface area contributed by atoms with Gasteiger partial charge in [-0.2, -0.15) is 0 Å². The normalized spacial score (nSPS) is 12.0. The average Bonchev–Trinajstić information content (AvgIpc) is 2.30. The van der Waals surface area contributed by atoms with E-state index in [9.17, 15) is 13.2 Å². The van der Waals surface area contributed by atoms with Gasteiger partial charge in [0.1, 0.15) is 5.03 Å². The molecule has 0 bridgehead atoms. The van der Waals surface area contributed by atoms with Crippen LogP contribution < -0.4 is 0 Å². The van der Waals surface area contributed by atoms with Gasteiger partial charge in [0.2, 0.25) is 0 Å². The van der Waals surface area contributed by atoms with Gasteiger partial charge in [0.25, 0.3) is 0 Å². The highest BCUT2D eigenvalue weighted by Crippen LogP contribution is 2.27. The average molecular weight is 198 g/mol.